The van der Waals surface area contributed by atoms with E-state index in [1.54, 1.807) is 37.4 Å². The number of urea groups is 1. The summed E-state index contributed by atoms with van der Waals surface area (Å²) >= 11 is 3.48. The summed E-state index contributed by atoms with van der Waals surface area (Å²) in [5.74, 6) is 1.98. The number of hydrogen-bond acceptors (Lipinski definition) is 6. The van der Waals surface area contributed by atoms with E-state index in [0.717, 1.165) is 23.4 Å². The van der Waals surface area contributed by atoms with Gasteiger partial charge in [-0.3, -0.25) is 0 Å². The fourth-order valence-corrected chi connectivity index (χ4v) is 2.97. The van der Waals surface area contributed by atoms with Gasteiger partial charge in [-0.25, -0.2) is 10.2 Å². The molecule has 2 heterocycles. The molecule has 0 aliphatic carbocycles. The van der Waals surface area contributed by atoms with Crippen LogP contribution in [0.1, 0.15) is 5.76 Å². The molecule has 1 aromatic carbocycles. The van der Waals surface area contributed by atoms with Crippen LogP contribution in [-0.2, 0) is 4.74 Å². The van der Waals surface area contributed by atoms with Crippen LogP contribution in [-0.4, -0.2) is 45.7 Å². The van der Waals surface area contributed by atoms with Crippen LogP contribution in [0.15, 0.2) is 44.3 Å². The molecule has 9 heteroatoms. The third-order valence-electron chi connectivity index (χ3n) is 3.69. The van der Waals surface area contributed by atoms with Crippen LogP contribution < -0.4 is 20.4 Å². The van der Waals surface area contributed by atoms with Gasteiger partial charge in [0.1, 0.15) is 5.75 Å². The number of hydrogen-bond donors (Lipinski definition) is 2. The number of carbonyl (C=O) groups excluding carboxylic acids is 1. The number of anilines is 2. The number of ether oxygens (including phenoxy) is 2. The van der Waals surface area contributed by atoms with Gasteiger partial charge in [-0.15, -0.1) is 0 Å². The quantitative estimate of drug-likeness (QED) is 0.570. The maximum Gasteiger partial charge on any atom is 0.339 e. The SMILES string of the molecule is COc1ccc(NC(=O)N/N=C/c2cc(Br)c(N3CCOCC3)o2)cc1. The lowest BCUT2D eigenvalue weighted by Gasteiger charge is -2.26. The fourth-order valence-electron chi connectivity index (χ4n) is 2.41. The number of morpholine rings is 1. The van der Waals surface area contributed by atoms with E-state index in [-0.39, 0.29) is 0 Å². The average Bonchev–Trinajstić information content (AvgIpc) is 3.03. The van der Waals surface area contributed by atoms with E-state index >= 15 is 0 Å². The van der Waals surface area contributed by atoms with Crippen LogP contribution in [0.25, 0.3) is 0 Å². The van der Waals surface area contributed by atoms with Gasteiger partial charge in [0.2, 0.25) is 5.88 Å². The Hall–Kier alpha value is -2.52. The van der Waals surface area contributed by atoms with Crippen molar-refractivity contribution in [1.82, 2.24) is 5.43 Å². The zero-order valence-corrected chi connectivity index (χ0v) is 15.8. The molecule has 0 spiro atoms. The third kappa shape index (κ3) is 4.77. The van der Waals surface area contributed by atoms with E-state index in [9.17, 15) is 4.79 Å². The Balaban J connectivity index is 1.53. The van der Waals surface area contributed by atoms with Gasteiger partial charge in [-0.05, 0) is 40.2 Å². The summed E-state index contributed by atoms with van der Waals surface area (Å²) in [6.07, 6.45) is 1.45. The van der Waals surface area contributed by atoms with Crippen molar-refractivity contribution < 1.29 is 18.7 Å². The molecule has 0 saturated carbocycles. The molecule has 1 saturated heterocycles. The first-order valence-electron chi connectivity index (χ1n) is 8.02. The van der Waals surface area contributed by atoms with Gasteiger partial charge in [0.15, 0.2) is 5.76 Å². The number of amides is 2. The number of rotatable bonds is 5. The minimum absolute atomic E-state index is 0.453. The first-order chi connectivity index (χ1) is 12.7. The molecule has 26 heavy (non-hydrogen) atoms. The summed E-state index contributed by atoms with van der Waals surface area (Å²) in [5.41, 5.74) is 3.03. The first-order valence-corrected chi connectivity index (χ1v) is 8.81. The van der Waals surface area contributed by atoms with Crippen LogP contribution in [0.3, 0.4) is 0 Å². The third-order valence-corrected chi connectivity index (χ3v) is 4.26. The summed E-state index contributed by atoms with van der Waals surface area (Å²) in [4.78, 5) is 13.9. The maximum absolute atomic E-state index is 11.8. The molecule has 1 aromatic heterocycles. The number of methoxy groups -OCH3 is 1. The molecular weight excluding hydrogens is 404 g/mol. The van der Waals surface area contributed by atoms with Gasteiger partial charge in [-0.2, -0.15) is 5.10 Å². The summed E-state index contributed by atoms with van der Waals surface area (Å²) in [6.45, 7) is 2.88. The van der Waals surface area contributed by atoms with E-state index in [2.05, 4.69) is 36.7 Å². The van der Waals surface area contributed by atoms with Crippen molar-refractivity contribution >= 4 is 39.7 Å². The zero-order valence-electron chi connectivity index (χ0n) is 14.2. The predicted molar refractivity (Wildman–Crippen MR) is 102 cm³/mol. The molecule has 0 radical (unpaired) electrons. The van der Waals surface area contributed by atoms with E-state index in [1.165, 1.54) is 6.21 Å². The largest absolute Gasteiger partial charge is 0.497 e. The normalized spacial score (nSPS) is 14.5. The molecule has 1 fully saturated rings. The summed E-state index contributed by atoms with van der Waals surface area (Å²) in [5, 5.41) is 6.57. The standard InChI is InChI=1S/C17H19BrN4O4/c1-24-13-4-2-12(3-5-13)20-17(23)21-19-11-14-10-15(18)16(26-14)22-6-8-25-9-7-22/h2-5,10-11H,6-9H2,1H3,(H2,20,21,23)/b19-11+. The summed E-state index contributed by atoms with van der Waals surface area (Å²) in [7, 11) is 1.58. The van der Waals surface area contributed by atoms with E-state index in [1.807, 2.05) is 0 Å². The molecule has 2 N–H and O–H groups in total. The molecule has 3 rings (SSSR count). The number of nitrogens with one attached hydrogen (secondary N) is 2. The highest BCUT2D eigenvalue weighted by molar-refractivity contribution is 9.10. The van der Waals surface area contributed by atoms with Crippen molar-refractivity contribution in [1.29, 1.82) is 0 Å². The Bertz CT molecular complexity index is 770. The smallest absolute Gasteiger partial charge is 0.339 e. The van der Waals surface area contributed by atoms with Crippen LogP contribution in [0.4, 0.5) is 16.4 Å². The molecule has 8 nitrogen and oxygen atoms in total. The van der Waals surface area contributed by atoms with Gasteiger partial charge >= 0.3 is 6.03 Å². The molecule has 2 aromatic rings. The Labute approximate surface area is 159 Å². The van der Waals surface area contributed by atoms with E-state index in [0.29, 0.717) is 30.4 Å². The fraction of sp³-hybridized carbons (Fsp3) is 0.294. The van der Waals surface area contributed by atoms with E-state index in [4.69, 9.17) is 13.9 Å². The van der Waals surface area contributed by atoms with Crippen molar-refractivity contribution in [3.8, 4) is 5.75 Å². The highest BCUT2D eigenvalue weighted by Crippen LogP contribution is 2.30. The molecule has 2 amide bonds. The van der Waals surface area contributed by atoms with Gasteiger partial charge < -0.3 is 24.1 Å². The summed E-state index contributed by atoms with van der Waals surface area (Å²) < 4.78 is 17.0. The second kappa shape index (κ2) is 8.72. The van der Waals surface area contributed by atoms with Gasteiger partial charge in [-0.1, -0.05) is 0 Å². The van der Waals surface area contributed by atoms with Crippen molar-refractivity contribution in [3.63, 3.8) is 0 Å². The van der Waals surface area contributed by atoms with Gasteiger partial charge in [0.05, 0.1) is 31.0 Å². The van der Waals surface area contributed by atoms with Crippen LogP contribution in [0, 0.1) is 0 Å². The lowest BCUT2D eigenvalue weighted by Crippen LogP contribution is -2.36. The number of nitrogens with zero attached hydrogens (tertiary/aromatic N) is 2. The average molecular weight is 423 g/mol. The van der Waals surface area contributed by atoms with Crippen molar-refractivity contribution in [3.05, 3.63) is 40.6 Å². The monoisotopic (exact) mass is 422 g/mol. The highest BCUT2D eigenvalue weighted by Gasteiger charge is 2.18. The Morgan fingerprint density at radius 2 is 2.04 bits per heavy atom. The zero-order chi connectivity index (χ0) is 18.4. The van der Waals surface area contributed by atoms with E-state index < -0.39 is 6.03 Å². The Morgan fingerprint density at radius 1 is 1.31 bits per heavy atom. The van der Waals surface area contributed by atoms with Crippen molar-refractivity contribution in [2.75, 3.05) is 43.6 Å². The second-order valence-electron chi connectivity index (χ2n) is 5.45. The predicted octanol–water partition coefficient (Wildman–Crippen LogP) is 3.04. The lowest BCUT2D eigenvalue weighted by molar-refractivity contribution is 0.120. The molecule has 0 atom stereocenters. The topological polar surface area (TPSA) is 88.3 Å². The molecule has 0 unspecified atom stereocenters. The number of benzene rings is 1. The number of hydrazone groups is 1. The Morgan fingerprint density at radius 3 is 2.73 bits per heavy atom. The minimum atomic E-state index is -0.453. The first kappa shape index (κ1) is 18.3. The Kier molecular flexibility index (Phi) is 6.13. The number of furan rings is 1. The van der Waals surface area contributed by atoms with Gasteiger partial charge in [0, 0.05) is 24.8 Å². The molecular formula is C17H19BrN4O4. The molecule has 138 valence electrons. The molecule has 1 aliphatic rings. The highest BCUT2D eigenvalue weighted by atomic mass is 79.9. The van der Waals surface area contributed by atoms with Crippen LogP contribution >= 0.6 is 15.9 Å². The molecule has 0 bridgehead atoms. The van der Waals surface area contributed by atoms with Crippen LogP contribution in [0.5, 0.6) is 5.75 Å². The van der Waals surface area contributed by atoms with Gasteiger partial charge in [0.25, 0.3) is 0 Å². The van der Waals surface area contributed by atoms with Crippen molar-refractivity contribution in [2.24, 2.45) is 5.10 Å². The lowest BCUT2D eigenvalue weighted by atomic mass is 10.3. The number of carbonyl (C=O) groups is 1. The summed E-state index contributed by atoms with van der Waals surface area (Å²) in [6, 6.07) is 8.34. The van der Waals surface area contributed by atoms with Crippen LogP contribution in [0.2, 0.25) is 0 Å². The second-order valence-corrected chi connectivity index (χ2v) is 6.31. The molecule has 1 aliphatic heterocycles. The minimum Gasteiger partial charge on any atom is -0.497 e. The maximum atomic E-state index is 11.8. The number of halogens is 1. The van der Waals surface area contributed by atoms with Crippen molar-refractivity contribution in [2.45, 2.75) is 0 Å².